The third kappa shape index (κ3) is 3.26. The lowest BCUT2D eigenvalue weighted by Crippen LogP contribution is -2.29. The Morgan fingerprint density at radius 3 is 3.00 bits per heavy atom. The SMILES string of the molecule is COCC(O)CNCc1cccc2cccnc12. The number of hydrogen-bond donors (Lipinski definition) is 2. The summed E-state index contributed by atoms with van der Waals surface area (Å²) >= 11 is 0. The number of para-hydroxylation sites is 1. The lowest BCUT2D eigenvalue weighted by atomic mass is 10.1. The van der Waals surface area contributed by atoms with Crippen LogP contribution in [0.5, 0.6) is 0 Å². The average molecular weight is 246 g/mol. The first-order chi connectivity index (χ1) is 8.81. The molecule has 1 aromatic heterocycles. The molecule has 1 unspecified atom stereocenters. The maximum absolute atomic E-state index is 9.54. The van der Waals surface area contributed by atoms with Crippen molar-refractivity contribution in [2.75, 3.05) is 20.3 Å². The number of aliphatic hydroxyl groups is 1. The van der Waals surface area contributed by atoms with E-state index >= 15 is 0 Å². The molecule has 0 saturated heterocycles. The molecule has 18 heavy (non-hydrogen) atoms. The molecule has 1 heterocycles. The lowest BCUT2D eigenvalue weighted by Gasteiger charge is -2.11. The van der Waals surface area contributed by atoms with E-state index in [4.69, 9.17) is 4.74 Å². The van der Waals surface area contributed by atoms with Crippen molar-refractivity contribution in [1.29, 1.82) is 0 Å². The summed E-state index contributed by atoms with van der Waals surface area (Å²) < 4.78 is 4.87. The molecule has 0 fully saturated rings. The van der Waals surface area contributed by atoms with E-state index in [1.54, 1.807) is 13.3 Å². The second-order valence-corrected chi connectivity index (χ2v) is 4.23. The van der Waals surface area contributed by atoms with E-state index in [1.807, 2.05) is 30.3 Å². The molecule has 0 saturated carbocycles. The van der Waals surface area contributed by atoms with Gasteiger partial charge >= 0.3 is 0 Å². The Balaban J connectivity index is 1.99. The summed E-state index contributed by atoms with van der Waals surface area (Å²) in [6.07, 6.45) is 1.32. The molecular formula is C14H18N2O2. The van der Waals surface area contributed by atoms with Crippen molar-refractivity contribution in [2.45, 2.75) is 12.6 Å². The third-order valence-electron chi connectivity index (χ3n) is 2.77. The van der Waals surface area contributed by atoms with Crippen LogP contribution in [0.1, 0.15) is 5.56 Å². The fourth-order valence-electron chi connectivity index (χ4n) is 1.93. The molecule has 2 aromatic rings. The van der Waals surface area contributed by atoms with E-state index in [-0.39, 0.29) is 0 Å². The predicted molar refractivity (Wildman–Crippen MR) is 71.3 cm³/mol. The topological polar surface area (TPSA) is 54.4 Å². The molecule has 0 aliphatic heterocycles. The number of methoxy groups -OCH3 is 1. The van der Waals surface area contributed by atoms with Crippen LogP contribution in [0.25, 0.3) is 10.9 Å². The highest BCUT2D eigenvalue weighted by Crippen LogP contribution is 2.15. The Labute approximate surface area is 107 Å². The number of rotatable bonds is 6. The van der Waals surface area contributed by atoms with Crippen LogP contribution in [0.15, 0.2) is 36.5 Å². The highest BCUT2D eigenvalue weighted by Gasteiger charge is 2.04. The molecule has 0 amide bonds. The number of aromatic nitrogens is 1. The van der Waals surface area contributed by atoms with Crippen molar-refractivity contribution in [1.82, 2.24) is 10.3 Å². The van der Waals surface area contributed by atoms with E-state index < -0.39 is 6.10 Å². The van der Waals surface area contributed by atoms with Gasteiger partial charge in [-0.05, 0) is 11.6 Å². The summed E-state index contributed by atoms with van der Waals surface area (Å²) in [5, 5.41) is 13.9. The van der Waals surface area contributed by atoms with Gasteiger partial charge in [0.25, 0.3) is 0 Å². The highest BCUT2D eigenvalue weighted by molar-refractivity contribution is 5.81. The molecule has 0 spiro atoms. The fourth-order valence-corrected chi connectivity index (χ4v) is 1.93. The molecule has 0 aliphatic rings. The molecule has 0 radical (unpaired) electrons. The second kappa shape index (κ2) is 6.44. The van der Waals surface area contributed by atoms with E-state index in [2.05, 4.69) is 10.3 Å². The summed E-state index contributed by atoms with van der Waals surface area (Å²) in [6.45, 7) is 1.55. The van der Waals surface area contributed by atoms with Gasteiger partial charge in [0.15, 0.2) is 0 Å². The minimum Gasteiger partial charge on any atom is -0.389 e. The summed E-state index contributed by atoms with van der Waals surface area (Å²) in [5.41, 5.74) is 2.14. The van der Waals surface area contributed by atoms with Crippen LogP contribution >= 0.6 is 0 Å². The van der Waals surface area contributed by atoms with E-state index in [0.29, 0.717) is 19.7 Å². The van der Waals surface area contributed by atoms with Crippen molar-refractivity contribution >= 4 is 10.9 Å². The predicted octanol–water partition coefficient (Wildman–Crippen LogP) is 1.33. The number of aliphatic hydroxyl groups excluding tert-OH is 1. The van der Waals surface area contributed by atoms with Crippen LogP contribution in [0, 0.1) is 0 Å². The number of hydrogen-bond acceptors (Lipinski definition) is 4. The number of pyridine rings is 1. The zero-order valence-electron chi connectivity index (χ0n) is 10.5. The average Bonchev–Trinajstić information content (AvgIpc) is 2.39. The summed E-state index contributed by atoms with van der Waals surface area (Å²) in [5.74, 6) is 0. The van der Waals surface area contributed by atoms with Gasteiger partial charge in [-0.15, -0.1) is 0 Å². The van der Waals surface area contributed by atoms with Gasteiger partial charge in [-0.25, -0.2) is 0 Å². The van der Waals surface area contributed by atoms with Crippen LogP contribution < -0.4 is 5.32 Å². The van der Waals surface area contributed by atoms with E-state index in [0.717, 1.165) is 16.5 Å². The van der Waals surface area contributed by atoms with Crippen LogP contribution in [0.2, 0.25) is 0 Å². The summed E-state index contributed by atoms with van der Waals surface area (Å²) in [4.78, 5) is 4.39. The number of benzene rings is 1. The molecule has 1 aromatic carbocycles. The minimum absolute atomic E-state index is 0.348. The minimum atomic E-state index is -0.474. The first-order valence-electron chi connectivity index (χ1n) is 6.01. The van der Waals surface area contributed by atoms with Crippen LogP contribution in [0.4, 0.5) is 0 Å². The van der Waals surface area contributed by atoms with Crippen molar-refractivity contribution in [3.05, 3.63) is 42.1 Å². The lowest BCUT2D eigenvalue weighted by molar-refractivity contribution is 0.0644. The normalized spacial score (nSPS) is 12.8. The first-order valence-corrected chi connectivity index (χ1v) is 6.01. The van der Waals surface area contributed by atoms with Crippen LogP contribution in [-0.4, -0.2) is 36.5 Å². The number of nitrogens with one attached hydrogen (secondary N) is 1. The molecule has 4 heteroatoms. The van der Waals surface area contributed by atoms with Crippen LogP contribution in [-0.2, 0) is 11.3 Å². The van der Waals surface area contributed by atoms with Gasteiger partial charge in [-0.2, -0.15) is 0 Å². The molecule has 2 rings (SSSR count). The summed E-state index contributed by atoms with van der Waals surface area (Å²) in [6, 6.07) is 10.1. The summed E-state index contributed by atoms with van der Waals surface area (Å²) in [7, 11) is 1.58. The fraction of sp³-hybridized carbons (Fsp3) is 0.357. The molecule has 4 nitrogen and oxygen atoms in total. The van der Waals surface area contributed by atoms with Crippen molar-refractivity contribution in [3.63, 3.8) is 0 Å². The van der Waals surface area contributed by atoms with Crippen molar-refractivity contribution in [2.24, 2.45) is 0 Å². The van der Waals surface area contributed by atoms with Crippen LogP contribution in [0.3, 0.4) is 0 Å². The molecule has 0 aliphatic carbocycles. The maximum Gasteiger partial charge on any atom is 0.0897 e. The van der Waals surface area contributed by atoms with Gasteiger partial charge in [0, 0.05) is 31.8 Å². The smallest absolute Gasteiger partial charge is 0.0897 e. The number of nitrogens with zero attached hydrogens (tertiary/aromatic N) is 1. The van der Waals surface area contributed by atoms with Crippen molar-refractivity contribution < 1.29 is 9.84 Å². The Kier molecular flexibility index (Phi) is 4.64. The maximum atomic E-state index is 9.54. The molecule has 1 atom stereocenters. The quantitative estimate of drug-likeness (QED) is 0.807. The van der Waals surface area contributed by atoms with Gasteiger partial charge < -0.3 is 15.2 Å². The molecular weight excluding hydrogens is 228 g/mol. The Hall–Kier alpha value is -1.49. The molecule has 2 N–H and O–H groups in total. The standard InChI is InChI=1S/C14H18N2O2/c1-18-10-13(17)9-15-8-12-5-2-4-11-6-3-7-16-14(11)12/h2-7,13,15,17H,8-10H2,1H3. The largest absolute Gasteiger partial charge is 0.389 e. The van der Waals surface area contributed by atoms with Gasteiger partial charge in [0.05, 0.1) is 18.2 Å². The Bertz CT molecular complexity index is 497. The van der Waals surface area contributed by atoms with Gasteiger partial charge in [0.2, 0.25) is 0 Å². The number of ether oxygens (including phenoxy) is 1. The second-order valence-electron chi connectivity index (χ2n) is 4.23. The molecule has 96 valence electrons. The zero-order valence-corrected chi connectivity index (χ0v) is 10.5. The Morgan fingerprint density at radius 2 is 2.17 bits per heavy atom. The monoisotopic (exact) mass is 246 g/mol. The van der Waals surface area contributed by atoms with Gasteiger partial charge in [0.1, 0.15) is 0 Å². The van der Waals surface area contributed by atoms with Gasteiger partial charge in [-0.3, -0.25) is 4.98 Å². The first kappa shape index (κ1) is 13.0. The molecule has 0 bridgehead atoms. The van der Waals surface area contributed by atoms with Gasteiger partial charge in [-0.1, -0.05) is 24.3 Å². The third-order valence-corrected chi connectivity index (χ3v) is 2.77. The van der Waals surface area contributed by atoms with E-state index in [1.165, 1.54) is 0 Å². The van der Waals surface area contributed by atoms with Crippen molar-refractivity contribution in [3.8, 4) is 0 Å². The number of fused-ring (bicyclic) bond motifs is 1. The zero-order chi connectivity index (χ0) is 12.8. The highest BCUT2D eigenvalue weighted by atomic mass is 16.5. The Morgan fingerprint density at radius 1 is 1.33 bits per heavy atom. The van der Waals surface area contributed by atoms with E-state index in [9.17, 15) is 5.11 Å².